The first-order valence-electron chi connectivity index (χ1n) is 5.97. The molecule has 14 heavy (non-hydrogen) atoms. The molecule has 0 amide bonds. The molecule has 1 fully saturated rings. The number of rotatable bonds is 3. The summed E-state index contributed by atoms with van der Waals surface area (Å²) in [5, 5.41) is 3.72. The molecule has 2 nitrogen and oxygen atoms in total. The lowest BCUT2D eigenvalue weighted by Gasteiger charge is -2.39. The van der Waals surface area contributed by atoms with E-state index >= 15 is 0 Å². The molecule has 2 unspecified atom stereocenters. The van der Waals surface area contributed by atoms with Gasteiger partial charge in [0.1, 0.15) is 0 Å². The zero-order valence-electron chi connectivity index (χ0n) is 10.1. The smallest absolute Gasteiger partial charge is 0.0224 e. The van der Waals surface area contributed by atoms with E-state index in [9.17, 15) is 0 Å². The molecule has 1 aliphatic carbocycles. The van der Waals surface area contributed by atoms with Crippen LogP contribution in [-0.2, 0) is 0 Å². The van der Waals surface area contributed by atoms with Gasteiger partial charge in [-0.25, -0.2) is 0 Å². The van der Waals surface area contributed by atoms with Crippen molar-refractivity contribution in [2.24, 2.45) is 11.7 Å². The number of hydrogen-bond donors (Lipinski definition) is 2. The summed E-state index contributed by atoms with van der Waals surface area (Å²) in [6.45, 7) is 9.08. The summed E-state index contributed by atoms with van der Waals surface area (Å²) in [6.07, 6.45) is 5.07. The monoisotopic (exact) mass is 198 g/mol. The van der Waals surface area contributed by atoms with E-state index in [0.29, 0.717) is 18.0 Å². The average molecular weight is 198 g/mol. The number of nitrogens with two attached hydrogens (primary N) is 1. The summed E-state index contributed by atoms with van der Waals surface area (Å²) in [4.78, 5) is 0. The van der Waals surface area contributed by atoms with Gasteiger partial charge in [-0.05, 0) is 32.6 Å². The molecule has 0 aliphatic heterocycles. The predicted molar refractivity (Wildman–Crippen MR) is 62.3 cm³/mol. The first-order chi connectivity index (χ1) is 6.43. The molecule has 0 heterocycles. The van der Waals surface area contributed by atoms with E-state index in [1.165, 1.54) is 25.7 Å². The first-order valence-corrected chi connectivity index (χ1v) is 5.97. The maximum absolute atomic E-state index is 6.12. The van der Waals surface area contributed by atoms with Crippen LogP contribution in [0.3, 0.4) is 0 Å². The van der Waals surface area contributed by atoms with Crippen molar-refractivity contribution in [2.75, 3.05) is 0 Å². The minimum Gasteiger partial charge on any atom is -0.326 e. The summed E-state index contributed by atoms with van der Waals surface area (Å²) in [5.74, 6) is 0.650. The Bertz CT molecular complexity index is 175. The third kappa shape index (κ3) is 2.96. The van der Waals surface area contributed by atoms with Gasteiger partial charge in [0.15, 0.2) is 0 Å². The van der Waals surface area contributed by atoms with Crippen LogP contribution in [0, 0.1) is 5.92 Å². The van der Waals surface area contributed by atoms with Gasteiger partial charge in [0.25, 0.3) is 0 Å². The van der Waals surface area contributed by atoms with E-state index in [0.717, 1.165) is 0 Å². The molecule has 3 N–H and O–H groups in total. The van der Waals surface area contributed by atoms with E-state index in [1.807, 2.05) is 0 Å². The Morgan fingerprint density at radius 1 is 1.21 bits per heavy atom. The quantitative estimate of drug-likeness (QED) is 0.730. The molecule has 0 spiro atoms. The SMILES string of the molecule is CC(C)C(C)(C)NC1CCCCC1N. The van der Waals surface area contributed by atoms with Gasteiger partial charge in [-0.1, -0.05) is 26.7 Å². The second-order valence-electron chi connectivity index (χ2n) is 5.58. The van der Waals surface area contributed by atoms with E-state index in [2.05, 4.69) is 33.0 Å². The molecule has 0 radical (unpaired) electrons. The van der Waals surface area contributed by atoms with Crippen molar-refractivity contribution in [3.63, 3.8) is 0 Å². The summed E-state index contributed by atoms with van der Waals surface area (Å²) in [5.41, 5.74) is 6.33. The normalized spacial score (nSPS) is 29.6. The average Bonchev–Trinajstić information content (AvgIpc) is 2.08. The fourth-order valence-electron chi connectivity index (χ4n) is 1.98. The van der Waals surface area contributed by atoms with Crippen LogP contribution < -0.4 is 11.1 Å². The lowest BCUT2D eigenvalue weighted by atomic mass is 9.85. The fraction of sp³-hybridized carbons (Fsp3) is 1.00. The minimum absolute atomic E-state index is 0.208. The Labute approximate surface area is 88.6 Å². The largest absolute Gasteiger partial charge is 0.326 e. The molecule has 0 aromatic rings. The number of hydrogen-bond acceptors (Lipinski definition) is 2. The van der Waals surface area contributed by atoms with Gasteiger partial charge >= 0.3 is 0 Å². The van der Waals surface area contributed by atoms with Crippen LogP contribution in [0.5, 0.6) is 0 Å². The highest BCUT2D eigenvalue weighted by Gasteiger charge is 2.29. The van der Waals surface area contributed by atoms with Gasteiger partial charge in [0, 0.05) is 17.6 Å². The van der Waals surface area contributed by atoms with E-state index in [1.54, 1.807) is 0 Å². The topological polar surface area (TPSA) is 38.0 Å². The van der Waals surface area contributed by atoms with Crippen molar-refractivity contribution >= 4 is 0 Å². The van der Waals surface area contributed by atoms with Crippen LogP contribution in [0.15, 0.2) is 0 Å². The molecule has 84 valence electrons. The fourth-order valence-corrected chi connectivity index (χ4v) is 1.98. The second-order valence-corrected chi connectivity index (χ2v) is 5.58. The molecule has 0 aromatic heterocycles. The highest BCUT2D eigenvalue weighted by atomic mass is 15.0. The highest BCUT2D eigenvalue weighted by molar-refractivity contribution is 4.91. The van der Waals surface area contributed by atoms with E-state index < -0.39 is 0 Å². The van der Waals surface area contributed by atoms with E-state index in [4.69, 9.17) is 5.73 Å². The Morgan fingerprint density at radius 3 is 2.29 bits per heavy atom. The maximum Gasteiger partial charge on any atom is 0.0224 e. The molecular weight excluding hydrogens is 172 g/mol. The predicted octanol–water partition coefficient (Wildman–Crippen LogP) is 2.28. The van der Waals surface area contributed by atoms with Gasteiger partial charge in [-0.15, -0.1) is 0 Å². The van der Waals surface area contributed by atoms with Crippen molar-refractivity contribution in [1.29, 1.82) is 0 Å². The van der Waals surface area contributed by atoms with Crippen molar-refractivity contribution in [3.05, 3.63) is 0 Å². The van der Waals surface area contributed by atoms with Gasteiger partial charge in [-0.2, -0.15) is 0 Å². The summed E-state index contributed by atoms with van der Waals surface area (Å²) >= 11 is 0. The molecule has 0 saturated heterocycles. The Balaban J connectivity index is 2.49. The lowest BCUT2D eigenvalue weighted by molar-refractivity contribution is 0.209. The van der Waals surface area contributed by atoms with Crippen molar-refractivity contribution < 1.29 is 0 Å². The van der Waals surface area contributed by atoms with Crippen LogP contribution in [0.25, 0.3) is 0 Å². The van der Waals surface area contributed by atoms with Crippen LogP contribution in [0.1, 0.15) is 53.4 Å². The zero-order chi connectivity index (χ0) is 10.8. The summed E-state index contributed by atoms with van der Waals surface area (Å²) in [6, 6.07) is 0.892. The molecule has 0 bridgehead atoms. The van der Waals surface area contributed by atoms with Crippen LogP contribution in [-0.4, -0.2) is 17.6 Å². The zero-order valence-corrected chi connectivity index (χ0v) is 10.1. The molecule has 1 saturated carbocycles. The van der Waals surface area contributed by atoms with Crippen LogP contribution in [0.4, 0.5) is 0 Å². The Morgan fingerprint density at radius 2 is 1.79 bits per heavy atom. The maximum atomic E-state index is 6.12. The summed E-state index contributed by atoms with van der Waals surface area (Å²) in [7, 11) is 0. The molecule has 2 atom stereocenters. The molecule has 1 rings (SSSR count). The highest BCUT2D eigenvalue weighted by Crippen LogP contribution is 2.22. The van der Waals surface area contributed by atoms with Gasteiger partial charge in [0.05, 0.1) is 0 Å². The van der Waals surface area contributed by atoms with Gasteiger partial charge in [0.2, 0.25) is 0 Å². The first kappa shape index (κ1) is 12.0. The minimum atomic E-state index is 0.208. The van der Waals surface area contributed by atoms with E-state index in [-0.39, 0.29) is 5.54 Å². The van der Waals surface area contributed by atoms with Gasteiger partial charge < -0.3 is 11.1 Å². The van der Waals surface area contributed by atoms with Crippen molar-refractivity contribution in [3.8, 4) is 0 Å². The molecule has 1 aliphatic rings. The summed E-state index contributed by atoms with van der Waals surface area (Å²) < 4.78 is 0. The van der Waals surface area contributed by atoms with Crippen LogP contribution in [0.2, 0.25) is 0 Å². The molecule has 0 aromatic carbocycles. The third-order valence-electron chi connectivity index (χ3n) is 3.82. The second kappa shape index (κ2) is 4.63. The van der Waals surface area contributed by atoms with Crippen molar-refractivity contribution in [2.45, 2.75) is 71.0 Å². The molecular formula is C12H26N2. The van der Waals surface area contributed by atoms with Crippen LogP contribution >= 0.6 is 0 Å². The van der Waals surface area contributed by atoms with Gasteiger partial charge in [-0.3, -0.25) is 0 Å². The van der Waals surface area contributed by atoms with Crippen molar-refractivity contribution in [1.82, 2.24) is 5.32 Å². The third-order valence-corrected chi connectivity index (χ3v) is 3.82. The standard InChI is InChI=1S/C12H26N2/c1-9(2)12(3,4)14-11-8-6-5-7-10(11)13/h9-11,14H,5-8,13H2,1-4H3. The Hall–Kier alpha value is -0.0800. The molecule has 2 heteroatoms. The Kier molecular flexibility index (Phi) is 3.96. The lowest BCUT2D eigenvalue weighted by Crippen LogP contribution is -2.56. The number of nitrogens with one attached hydrogen (secondary N) is 1.